The van der Waals surface area contributed by atoms with E-state index < -0.39 is 5.41 Å². The van der Waals surface area contributed by atoms with Crippen LogP contribution in [0.15, 0.2) is 206 Å². The Labute approximate surface area is 330 Å². The molecule has 0 fully saturated rings. The van der Waals surface area contributed by atoms with Gasteiger partial charge >= 0.3 is 0 Å². The Morgan fingerprint density at radius 3 is 1.86 bits per heavy atom. The topological polar surface area (TPSA) is 8.17 Å². The minimum atomic E-state index is -0.414. The predicted octanol–water partition coefficient (Wildman–Crippen LogP) is 14.4. The summed E-state index contributed by atoms with van der Waals surface area (Å²) >= 11 is 0. The summed E-state index contributed by atoms with van der Waals surface area (Å²) in [4.78, 5) is 2.41. The lowest BCUT2D eigenvalue weighted by Gasteiger charge is -2.37. The summed E-state index contributed by atoms with van der Waals surface area (Å²) < 4.78 is 2.51. The molecule has 0 saturated heterocycles. The van der Waals surface area contributed by atoms with E-state index in [1.54, 1.807) is 0 Å². The maximum atomic E-state index is 2.51. The van der Waals surface area contributed by atoms with Gasteiger partial charge in [0.2, 0.25) is 0 Å². The molecule has 1 aromatic heterocycles. The van der Waals surface area contributed by atoms with Crippen LogP contribution in [0.3, 0.4) is 0 Å². The summed E-state index contributed by atoms with van der Waals surface area (Å²) in [6, 6.07) is 76.6. The molecule has 0 radical (unpaired) electrons. The van der Waals surface area contributed by atoms with Gasteiger partial charge in [0.1, 0.15) is 0 Å². The Balaban J connectivity index is 1.07. The Kier molecular flexibility index (Phi) is 6.13. The zero-order chi connectivity index (χ0) is 37.2. The Bertz CT molecular complexity index is 3450. The molecule has 1 unspecified atom stereocenters. The van der Waals surface area contributed by atoms with E-state index in [0.717, 1.165) is 22.7 Å². The van der Waals surface area contributed by atoms with E-state index in [0.29, 0.717) is 0 Å². The number of benzene rings is 10. The molecule has 1 heterocycles. The maximum Gasteiger partial charge on any atom is 0.0726 e. The van der Waals surface area contributed by atoms with Crippen molar-refractivity contribution in [3.8, 4) is 16.8 Å². The zero-order valence-corrected chi connectivity index (χ0v) is 31.0. The third-order valence-electron chi connectivity index (χ3n) is 12.9. The largest absolute Gasteiger partial charge is 0.310 e. The number of hydrogen-bond donors (Lipinski definition) is 0. The van der Waals surface area contributed by atoms with Crippen molar-refractivity contribution in [2.24, 2.45) is 0 Å². The van der Waals surface area contributed by atoms with Gasteiger partial charge in [0.05, 0.1) is 22.1 Å². The van der Waals surface area contributed by atoms with Crippen molar-refractivity contribution in [1.29, 1.82) is 0 Å². The molecule has 0 saturated carbocycles. The van der Waals surface area contributed by atoms with Gasteiger partial charge in [-0.1, -0.05) is 152 Å². The van der Waals surface area contributed by atoms with E-state index in [2.05, 4.69) is 216 Å². The highest BCUT2D eigenvalue weighted by Crippen LogP contribution is 2.63. The lowest BCUT2D eigenvalue weighted by molar-refractivity contribution is 0.782. The van der Waals surface area contributed by atoms with Crippen LogP contribution in [-0.2, 0) is 5.41 Å². The average molecular weight is 723 g/mol. The van der Waals surface area contributed by atoms with Crippen molar-refractivity contribution < 1.29 is 0 Å². The third kappa shape index (κ3) is 3.94. The van der Waals surface area contributed by atoms with Crippen LogP contribution in [0.5, 0.6) is 0 Å². The van der Waals surface area contributed by atoms with E-state index in [9.17, 15) is 0 Å². The molecule has 0 amide bonds. The van der Waals surface area contributed by atoms with Gasteiger partial charge in [-0.3, -0.25) is 0 Å². The van der Waals surface area contributed by atoms with Crippen LogP contribution in [0.1, 0.15) is 22.3 Å². The van der Waals surface area contributed by atoms with Crippen LogP contribution in [-0.4, -0.2) is 4.57 Å². The number of anilines is 3. The Morgan fingerprint density at radius 1 is 0.386 bits per heavy atom. The molecular weight excluding hydrogens is 689 g/mol. The molecule has 2 heteroatoms. The summed E-state index contributed by atoms with van der Waals surface area (Å²) in [5.41, 5.74) is 14.8. The molecule has 2 aliphatic rings. The molecule has 2 aliphatic carbocycles. The summed E-state index contributed by atoms with van der Waals surface area (Å²) in [5.74, 6) is 0. The van der Waals surface area contributed by atoms with Crippen molar-refractivity contribution >= 4 is 71.2 Å². The fraction of sp³-hybridized carbons (Fsp3) is 0.0182. The molecule has 2 nitrogen and oxygen atoms in total. The number of hydrogen-bond acceptors (Lipinski definition) is 1. The second-order valence-corrected chi connectivity index (χ2v) is 15.6. The quantitative estimate of drug-likeness (QED) is 0.161. The van der Waals surface area contributed by atoms with Crippen LogP contribution < -0.4 is 4.90 Å². The van der Waals surface area contributed by atoms with E-state index in [4.69, 9.17) is 0 Å². The summed E-state index contributed by atoms with van der Waals surface area (Å²) in [6.07, 6.45) is 0. The fourth-order valence-electron chi connectivity index (χ4n) is 10.8. The first kappa shape index (κ1) is 30.9. The minimum Gasteiger partial charge on any atom is -0.310 e. The van der Waals surface area contributed by atoms with E-state index in [1.165, 1.54) is 87.5 Å². The van der Waals surface area contributed by atoms with Gasteiger partial charge in [-0.2, -0.15) is 0 Å². The fourth-order valence-corrected chi connectivity index (χ4v) is 10.8. The molecule has 13 rings (SSSR count). The number of para-hydroxylation sites is 1. The van der Waals surface area contributed by atoms with Crippen LogP contribution in [0.4, 0.5) is 17.1 Å². The zero-order valence-electron chi connectivity index (χ0n) is 31.0. The van der Waals surface area contributed by atoms with Crippen molar-refractivity contribution in [3.63, 3.8) is 0 Å². The smallest absolute Gasteiger partial charge is 0.0726 e. The van der Waals surface area contributed by atoms with Crippen LogP contribution in [0, 0.1) is 0 Å². The molecule has 11 aromatic rings. The molecule has 10 aromatic carbocycles. The Morgan fingerprint density at radius 2 is 1.02 bits per heavy atom. The number of fused-ring (bicyclic) bond motifs is 7. The molecule has 0 spiro atoms. The molecule has 57 heavy (non-hydrogen) atoms. The summed E-state index contributed by atoms with van der Waals surface area (Å²) in [5, 5.41) is 10.3. The highest BCUT2D eigenvalue weighted by molar-refractivity contribution is 6.28. The number of rotatable bonds is 5. The molecule has 0 bridgehead atoms. The van der Waals surface area contributed by atoms with Gasteiger partial charge in [0.25, 0.3) is 0 Å². The lowest BCUT2D eigenvalue weighted by Crippen LogP contribution is -2.30. The van der Waals surface area contributed by atoms with E-state index >= 15 is 0 Å². The van der Waals surface area contributed by atoms with Crippen molar-refractivity contribution in [2.45, 2.75) is 5.41 Å². The lowest BCUT2D eigenvalue weighted by atomic mass is 9.63. The van der Waals surface area contributed by atoms with Gasteiger partial charge < -0.3 is 9.47 Å². The second kappa shape index (κ2) is 11.3. The van der Waals surface area contributed by atoms with Gasteiger partial charge in [0.15, 0.2) is 0 Å². The number of aromatic nitrogens is 1. The third-order valence-corrected chi connectivity index (χ3v) is 12.9. The SMILES string of the molecule is c1ccc(N(c2ccc(-n3c4ccc5c6c4c4c7c(cccc7ccc43)C6(c3ccccc3)c3ccccc3-5)cc2)c2cc3ccccc3c3ccccc23)cc1. The Hall–Kier alpha value is -7.42. The highest BCUT2D eigenvalue weighted by atomic mass is 15.1. The van der Waals surface area contributed by atoms with E-state index in [-0.39, 0.29) is 0 Å². The minimum absolute atomic E-state index is 0.414. The first-order chi connectivity index (χ1) is 28.3. The van der Waals surface area contributed by atoms with Gasteiger partial charge in [-0.15, -0.1) is 0 Å². The van der Waals surface area contributed by atoms with Gasteiger partial charge in [-0.25, -0.2) is 0 Å². The first-order valence-electron chi connectivity index (χ1n) is 19.9. The highest BCUT2D eigenvalue weighted by Gasteiger charge is 2.50. The first-order valence-corrected chi connectivity index (χ1v) is 19.9. The van der Waals surface area contributed by atoms with Gasteiger partial charge in [-0.05, 0) is 115 Å². The van der Waals surface area contributed by atoms with Gasteiger partial charge in [0, 0.05) is 33.2 Å². The average Bonchev–Trinajstić information content (AvgIpc) is 3.79. The van der Waals surface area contributed by atoms with Crippen LogP contribution >= 0.6 is 0 Å². The maximum absolute atomic E-state index is 2.51. The summed E-state index contributed by atoms with van der Waals surface area (Å²) in [6.45, 7) is 0. The van der Waals surface area contributed by atoms with Crippen molar-refractivity contribution in [3.05, 3.63) is 229 Å². The molecule has 1 atom stereocenters. The van der Waals surface area contributed by atoms with Crippen molar-refractivity contribution in [2.75, 3.05) is 4.90 Å². The van der Waals surface area contributed by atoms with Crippen LogP contribution in [0.2, 0.25) is 0 Å². The molecule has 0 aliphatic heterocycles. The molecular formula is C55H34N2. The van der Waals surface area contributed by atoms with E-state index in [1.807, 2.05) is 0 Å². The predicted molar refractivity (Wildman–Crippen MR) is 239 cm³/mol. The summed E-state index contributed by atoms with van der Waals surface area (Å²) in [7, 11) is 0. The normalized spacial score (nSPS) is 15.1. The molecule has 0 N–H and O–H groups in total. The monoisotopic (exact) mass is 722 g/mol. The van der Waals surface area contributed by atoms with Crippen molar-refractivity contribution in [1.82, 2.24) is 4.57 Å². The number of nitrogens with zero attached hydrogens (tertiary/aromatic N) is 2. The standard InChI is InChI=1S/C55H34N2/c1-3-16-37(17-4-1)55-46-24-12-11-22-43(46)45-31-33-49-53(54(45)55)52-48(32-26-35-15-13-25-47(55)51(35)52)57(49)40-29-27-39(28-30-40)56(38-18-5-2-6-19-38)50-34-36-14-7-8-20-41(36)42-21-9-10-23-44(42)50/h1-34H. The second-order valence-electron chi connectivity index (χ2n) is 15.6. The van der Waals surface area contributed by atoms with Crippen LogP contribution in [0.25, 0.3) is 70.9 Å². The molecule has 264 valence electrons.